The maximum Gasteiger partial charge on any atom is 0.240 e. The van der Waals surface area contributed by atoms with E-state index in [0.29, 0.717) is 41.8 Å². The van der Waals surface area contributed by atoms with Gasteiger partial charge in [0.1, 0.15) is 10.8 Å². The molecule has 2 aromatic rings. The van der Waals surface area contributed by atoms with Crippen molar-refractivity contribution in [3.05, 3.63) is 58.1 Å². The summed E-state index contributed by atoms with van der Waals surface area (Å²) in [6.07, 6.45) is 2.61. The number of carbonyl (C=O) groups is 1. The number of sulfonamides is 1. The lowest BCUT2D eigenvalue weighted by molar-refractivity contribution is -0.121. The van der Waals surface area contributed by atoms with E-state index in [4.69, 9.17) is 27.9 Å². The van der Waals surface area contributed by atoms with Gasteiger partial charge in [0.25, 0.3) is 0 Å². The molecule has 0 saturated heterocycles. The van der Waals surface area contributed by atoms with Crippen molar-refractivity contribution >= 4 is 39.1 Å². The highest BCUT2D eigenvalue weighted by Crippen LogP contribution is 2.31. The zero-order valence-electron chi connectivity index (χ0n) is 15.7. The predicted molar refractivity (Wildman–Crippen MR) is 113 cm³/mol. The van der Waals surface area contributed by atoms with E-state index in [1.807, 2.05) is 0 Å². The molecule has 3 rings (SSSR count). The standard InChI is InChI=1S/C20H22Cl2N2O4S/c21-17-3-1-4-18(20(17)22)28-12-2-5-19(25)23-13-14-6-10-16(11-7-14)29(26,27)24-15-8-9-15/h1,3-4,6-7,10-11,15,24H,2,5,8-9,12-13H2,(H,23,25). The van der Waals surface area contributed by atoms with E-state index in [0.717, 1.165) is 18.4 Å². The Morgan fingerprint density at radius 3 is 2.52 bits per heavy atom. The monoisotopic (exact) mass is 456 g/mol. The summed E-state index contributed by atoms with van der Waals surface area (Å²) in [4.78, 5) is 12.2. The number of benzene rings is 2. The van der Waals surface area contributed by atoms with Gasteiger partial charge in [0.2, 0.25) is 15.9 Å². The SMILES string of the molecule is O=C(CCCOc1cccc(Cl)c1Cl)NCc1ccc(S(=O)(=O)NC2CC2)cc1. The van der Waals surface area contributed by atoms with Crippen LogP contribution in [0.1, 0.15) is 31.2 Å². The molecule has 2 aromatic carbocycles. The van der Waals surface area contributed by atoms with Gasteiger partial charge in [0.15, 0.2) is 0 Å². The highest BCUT2D eigenvalue weighted by Gasteiger charge is 2.27. The van der Waals surface area contributed by atoms with Crippen molar-refractivity contribution in [2.75, 3.05) is 6.61 Å². The van der Waals surface area contributed by atoms with Crippen molar-refractivity contribution in [1.29, 1.82) is 0 Å². The highest BCUT2D eigenvalue weighted by atomic mass is 35.5. The van der Waals surface area contributed by atoms with Gasteiger partial charge in [0.05, 0.1) is 16.5 Å². The Hall–Kier alpha value is -1.80. The van der Waals surface area contributed by atoms with Crippen LogP contribution in [0.15, 0.2) is 47.4 Å². The Morgan fingerprint density at radius 2 is 1.83 bits per heavy atom. The number of rotatable bonds is 10. The van der Waals surface area contributed by atoms with Gasteiger partial charge in [-0.1, -0.05) is 41.4 Å². The van der Waals surface area contributed by atoms with Crippen LogP contribution in [0.25, 0.3) is 0 Å². The predicted octanol–water partition coefficient (Wildman–Crippen LogP) is 3.91. The molecule has 0 radical (unpaired) electrons. The Kier molecular flexibility index (Phi) is 7.40. The van der Waals surface area contributed by atoms with Crippen LogP contribution in [0.4, 0.5) is 0 Å². The van der Waals surface area contributed by atoms with Crippen molar-refractivity contribution in [1.82, 2.24) is 10.0 Å². The first-order valence-electron chi connectivity index (χ1n) is 9.30. The summed E-state index contributed by atoms with van der Waals surface area (Å²) in [7, 11) is -3.46. The molecule has 0 heterocycles. The molecule has 0 aromatic heterocycles. The molecule has 1 aliphatic rings. The van der Waals surface area contributed by atoms with Gasteiger partial charge >= 0.3 is 0 Å². The average molecular weight is 457 g/mol. The van der Waals surface area contributed by atoms with Gasteiger partial charge in [-0.15, -0.1) is 0 Å². The fourth-order valence-corrected chi connectivity index (χ4v) is 4.23. The largest absolute Gasteiger partial charge is 0.492 e. The van der Waals surface area contributed by atoms with Crippen molar-refractivity contribution in [3.8, 4) is 5.75 Å². The fraction of sp³-hybridized carbons (Fsp3) is 0.350. The molecule has 29 heavy (non-hydrogen) atoms. The Morgan fingerprint density at radius 1 is 1.10 bits per heavy atom. The lowest BCUT2D eigenvalue weighted by Gasteiger charge is -2.09. The van der Waals surface area contributed by atoms with E-state index in [1.54, 1.807) is 42.5 Å². The summed E-state index contributed by atoms with van der Waals surface area (Å²) < 4.78 is 32.5. The third-order valence-electron chi connectivity index (χ3n) is 4.34. The summed E-state index contributed by atoms with van der Waals surface area (Å²) >= 11 is 12.0. The van der Waals surface area contributed by atoms with Crippen LogP contribution < -0.4 is 14.8 Å². The maximum absolute atomic E-state index is 12.1. The Labute approximate surface area is 180 Å². The number of hydrogen-bond donors (Lipinski definition) is 2. The summed E-state index contributed by atoms with van der Waals surface area (Å²) in [6.45, 7) is 0.671. The van der Waals surface area contributed by atoms with Gasteiger partial charge in [-0.05, 0) is 49.1 Å². The molecule has 6 nitrogen and oxygen atoms in total. The lowest BCUT2D eigenvalue weighted by Crippen LogP contribution is -2.26. The molecule has 0 bridgehead atoms. The summed E-state index contributed by atoms with van der Waals surface area (Å²) in [6, 6.07) is 11.7. The number of halogens is 2. The van der Waals surface area contributed by atoms with Gasteiger partial charge in [0, 0.05) is 19.0 Å². The molecule has 0 atom stereocenters. The number of carbonyl (C=O) groups excluding carboxylic acids is 1. The second-order valence-electron chi connectivity index (χ2n) is 6.82. The average Bonchev–Trinajstić information content (AvgIpc) is 3.50. The topological polar surface area (TPSA) is 84.5 Å². The number of nitrogens with one attached hydrogen (secondary N) is 2. The molecule has 1 amide bonds. The third kappa shape index (κ3) is 6.60. The van der Waals surface area contributed by atoms with E-state index in [1.165, 1.54) is 0 Å². The van der Waals surface area contributed by atoms with Crippen LogP contribution in [0.2, 0.25) is 10.0 Å². The van der Waals surface area contributed by atoms with Gasteiger partial charge in [-0.3, -0.25) is 4.79 Å². The van der Waals surface area contributed by atoms with E-state index in [-0.39, 0.29) is 16.8 Å². The summed E-state index contributed by atoms with van der Waals surface area (Å²) in [5, 5.41) is 3.59. The van der Waals surface area contributed by atoms with Crippen LogP contribution in [-0.2, 0) is 21.4 Å². The maximum atomic E-state index is 12.1. The molecular formula is C20H22Cl2N2O4S. The highest BCUT2D eigenvalue weighted by molar-refractivity contribution is 7.89. The molecular weight excluding hydrogens is 435 g/mol. The van der Waals surface area contributed by atoms with E-state index in [9.17, 15) is 13.2 Å². The first kappa shape index (κ1) is 21.9. The Balaban J connectivity index is 1.38. The van der Waals surface area contributed by atoms with E-state index < -0.39 is 10.0 Å². The molecule has 9 heteroatoms. The first-order chi connectivity index (χ1) is 13.8. The number of amides is 1. The normalized spacial score (nSPS) is 13.9. The molecule has 1 saturated carbocycles. The van der Waals surface area contributed by atoms with E-state index in [2.05, 4.69) is 10.0 Å². The van der Waals surface area contributed by atoms with Crippen molar-refractivity contribution in [2.45, 2.75) is 43.2 Å². The van der Waals surface area contributed by atoms with Crippen LogP contribution in [-0.4, -0.2) is 27.0 Å². The van der Waals surface area contributed by atoms with Crippen LogP contribution in [0, 0.1) is 0 Å². The van der Waals surface area contributed by atoms with Gasteiger partial charge < -0.3 is 10.1 Å². The quantitative estimate of drug-likeness (QED) is 0.530. The molecule has 0 unspecified atom stereocenters. The molecule has 1 fully saturated rings. The zero-order valence-corrected chi connectivity index (χ0v) is 18.0. The minimum absolute atomic E-state index is 0.0675. The second-order valence-corrected chi connectivity index (χ2v) is 9.32. The van der Waals surface area contributed by atoms with E-state index >= 15 is 0 Å². The first-order valence-corrected chi connectivity index (χ1v) is 11.5. The van der Waals surface area contributed by atoms with Crippen LogP contribution in [0.3, 0.4) is 0 Å². The minimum atomic E-state index is -3.46. The molecule has 156 valence electrons. The smallest absolute Gasteiger partial charge is 0.240 e. The van der Waals surface area contributed by atoms with Crippen molar-refractivity contribution < 1.29 is 17.9 Å². The second kappa shape index (κ2) is 9.80. The van der Waals surface area contributed by atoms with Gasteiger partial charge in [-0.25, -0.2) is 13.1 Å². The van der Waals surface area contributed by atoms with Crippen molar-refractivity contribution in [3.63, 3.8) is 0 Å². The number of hydrogen-bond acceptors (Lipinski definition) is 4. The van der Waals surface area contributed by atoms with Crippen LogP contribution >= 0.6 is 23.2 Å². The van der Waals surface area contributed by atoms with Crippen molar-refractivity contribution in [2.24, 2.45) is 0 Å². The number of ether oxygens (including phenoxy) is 1. The fourth-order valence-electron chi connectivity index (χ4n) is 2.57. The lowest BCUT2D eigenvalue weighted by atomic mass is 10.2. The van der Waals surface area contributed by atoms with Crippen LogP contribution in [0.5, 0.6) is 5.75 Å². The third-order valence-corrected chi connectivity index (χ3v) is 6.68. The Bertz CT molecular complexity index is 961. The van der Waals surface area contributed by atoms with Gasteiger partial charge in [-0.2, -0.15) is 0 Å². The molecule has 0 spiro atoms. The molecule has 2 N–H and O–H groups in total. The molecule has 1 aliphatic carbocycles. The molecule has 0 aliphatic heterocycles. The minimum Gasteiger partial charge on any atom is -0.492 e. The summed E-state index contributed by atoms with van der Waals surface area (Å²) in [5.41, 5.74) is 0.825. The summed E-state index contributed by atoms with van der Waals surface area (Å²) in [5.74, 6) is 0.378. The zero-order chi connectivity index (χ0) is 20.9.